The van der Waals surface area contributed by atoms with E-state index in [1.54, 1.807) is 16.8 Å². The second-order valence-electron chi connectivity index (χ2n) is 6.96. The molecule has 0 radical (unpaired) electrons. The quantitative estimate of drug-likeness (QED) is 0.253. The summed E-state index contributed by atoms with van der Waals surface area (Å²) in [5, 5.41) is 16.2. The zero-order valence-electron chi connectivity index (χ0n) is 16.6. The van der Waals surface area contributed by atoms with E-state index in [2.05, 4.69) is 25.8 Å². The number of halogens is 2. The maximum Gasteiger partial charge on any atom is 0.203 e. The first-order chi connectivity index (χ1) is 15.7. The van der Waals surface area contributed by atoms with Crippen LogP contribution in [0.25, 0.3) is 22.3 Å². The van der Waals surface area contributed by atoms with Gasteiger partial charge in [-0.05, 0) is 42.0 Å². The van der Waals surface area contributed by atoms with Crippen LogP contribution in [-0.4, -0.2) is 25.7 Å². The summed E-state index contributed by atoms with van der Waals surface area (Å²) in [5.41, 5.74) is 7.89. The lowest BCUT2D eigenvalue weighted by molar-refractivity contribution is 0.627. The lowest BCUT2D eigenvalue weighted by atomic mass is 10.1. The highest BCUT2D eigenvalue weighted by atomic mass is 35.5. The Hall–Kier alpha value is -3.62. The molecule has 0 saturated carbocycles. The maximum atomic E-state index is 13.5. The molecule has 0 bridgehead atoms. The van der Waals surface area contributed by atoms with Crippen molar-refractivity contribution in [2.75, 3.05) is 5.43 Å². The van der Waals surface area contributed by atoms with Crippen LogP contribution in [-0.2, 0) is 6.54 Å². The lowest BCUT2D eigenvalue weighted by Gasteiger charge is -2.08. The molecule has 1 N–H and O–H groups in total. The molecule has 9 heteroatoms. The Labute approximate surface area is 192 Å². The molecule has 0 aliphatic carbocycles. The molecule has 5 rings (SSSR count). The van der Waals surface area contributed by atoms with Gasteiger partial charge in [-0.3, -0.25) is 5.43 Å². The number of para-hydroxylation sites is 1. The van der Waals surface area contributed by atoms with Gasteiger partial charge in [0.15, 0.2) is 0 Å². The number of rotatable bonds is 6. The fourth-order valence-corrected chi connectivity index (χ4v) is 4.08. The molecule has 0 atom stereocenters. The molecule has 3 aromatic carbocycles. The summed E-state index contributed by atoms with van der Waals surface area (Å²) >= 11 is 7.52. The van der Waals surface area contributed by atoms with Crippen molar-refractivity contribution in [2.45, 2.75) is 6.54 Å². The Bertz CT molecular complexity index is 1410. The minimum atomic E-state index is -0.307. The molecule has 0 aliphatic rings. The number of aromatic nitrogens is 4. The Morgan fingerprint density at radius 2 is 1.91 bits per heavy atom. The van der Waals surface area contributed by atoms with Crippen LogP contribution in [0.5, 0.6) is 0 Å². The topological polar surface area (TPSA) is 68.0 Å². The molecule has 0 saturated heterocycles. The van der Waals surface area contributed by atoms with E-state index in [-0.39, 0.29) is 5.82 Å². The zero-order chi connectivity index (χ0) is 21.9. The number of hydrogen-bond acceptors (Lipinski definition) is 6. The smallest absolute Gasteiger partial charge is 0.203 e. The monoisotopic (exact) mass is 462 g/mol. The zero-order valence-corrected chi connectivity index (χ0v) is 18.2. The summed E-state index contributed by atoms with van der Waals surface area (Å²) in [4.78, 5) is 4.60. The van der Waals surface area contributed by atoms with Crippen molar-refractivity contribution in [1.82, 2.24) is 20.0 Å². The number of thiazole rings is 1. The van der Waals surface area contributed by atoms with Crippen molar-refractivity contribution in [3.8, 4) is 11.3 Å². The van der Waals surface area contributed by atoms with E-state index in [1.807, 2.05) is 53.9 Å². The molecule has 2 aromatic heterocycles. The van der Waals surface area contributed by atoms with Crippen LogP contribution in [0.2, 0.25) is 5.02 Å². The number of benzene rings is 3. The maximum absolute atomic E-state index is 13.5. The molecule has 0 amide bonds. The number of nitrogens with one attached hydrogen (secondary N) is 1. The van der Waals surface area contributed by atoms with E-state index in [9.17, 15) is 4.39 Å². The predicted octanol–water partition coefficient (Wildman–Crippen LogP) is 5.86. The first-order valence-electron chi connectivity index (χ1n) is 9.74. The van der Waals surface area contributed by atoms with E-state index in [0.717, 1.165) is 27.9 Å². The van der Waals surface area contributed by atoms with Crippen molar-refractivity contribution in [2.24, 2.45) is 5.10 Å². The molecule has 32 heavy (non-hydrogen) atoms. The van der Waals surface area contributed by atoms with Crippen molar-refractivity contribution < 1.29 is 4.39 Å². The van der Waals surface area contributed by atoms with Crippen LogP contribution >= 0.6 is 22.9 Å². The van der Waals surface area contributed by atoms with Crippen molar-refractivity contribution in [3.63, 3.8) is 0 Å². The van der Waals surface area contributed by atoms with Crippen LogP contribution in [0.15, 0.2) is 83.3 Å². The molecule has 0 unspecified atom stereocenters. The number of nitrogens with zero attached hydrogens (tertiary/aromatic N) is 5. The molecule has 0 fully saturated rings. The van der Waals surface area contributed by atoms with Crippen LogP contribution < -0.4 is 5.43 Å². The van der Waals surface area contributed by atoms with Gasteiger partial charge in [0, 0.05) is 16.0 Å². The Kier molecular flexibility index (Phi) is 5.62. The van der Waals surface area contributed by atoms with Crippen molar-refractivity contribution in [3.05, 3.63) is 94.6 Å². The largest absolute Gasteiger partial charge is 0.252 e. The number of hydrazone groups is 1. The van der Waals surface area contributed by atoms with E-state index in [1.165, 1.54) is 23.5 Å². The first-order valence-corrected chi connectivity index (χ1v) is 11.0. The van der Waals surface area contributed by atoms with E-state index >= 15 is 0 Å². The highest BCUT2D eigenvalue weighted by molar-refractivity contribution is 7.14. The number of hydrogen-bond donors (Lipinski definition) is 1. The van der Waals surface area contributed by atoms with Gasteiger partial charge in [-0.25, -0.2) is 14.1 Å². The summed E-state index contributed by atoms with van der Waals surface area (Å²) in [6.45, 7) is 0.353. The van der Waals surface area contributed by atoms with Crippen LogP contribution in [0.1, 0.15) is 5.56 Å². The minimum Gasteiger partial charge on any atom is -0.252 e. The Morgan fingerprint density at radius 3 is 2.75 bits per heavy atom. The Balaban J connectivity index is 1.44. The van der Waals surface area contributed by atoms with Crippen LogP contribution in [0.3, 0.4) is 0 Å². The molecule has 2 heterocycles. The van der Waals surface area contributed by atoms with Gasteiger partial charge < -0.3 is 0 Å². The molecule has 6 nitrogen and oxygen atoms in total. The van der Waals surface area contributed by atoms with Gasteiger partial charge in [0.05, 0.1) is 23.5 Å². The van der Waals surface area contributed by atoms with Gasteiger partial charge in [-0.2, -0.15) is 5.10 Å². The van der Waals surface area contributed by atoms with E-state index in [0.29, 0.717) is 22.4 Å². The SMILES string of the molecule is Fc1ccc(/C(Cn2nnc3ccccc32)=N\Nc2nc(-c3cccc(Cl)c3)cs2)cc1. The van der Waals surface area contributed by atoms with Gasteiger partial charge in [0.1, 0.15) is 11.3 Å². The third kappa shape index (κ3) is 4.37. The molecule has 0 aliphatic heterocycles. The summed E-state index contributed by atoms with van der Waals surface area (Å²) in [7, 11) is 0. The highest BCUT2D eigenvalue weighted by Crippen LogP contribution is 2.27. The minimum absolute atomic E-state index is 0.307. The molecular formula is C23H16ClFN6S. The average molecular weight is 463 g/mol. The standard InChI is InChI=1S/C23H16ClFN6S/c24-17-5-3-4-16(12-17)21-14-32-23(26-21)29-27-20(15-8-10-18(25)11-9-15)13-31-22-7-2-1-6-19(22)28-30-31/h1-12,14H,13H2,(H,26,29)/b27-20-. The molecular weight excluding hydrogens is 447 g/mol. The third-order valence-electron chi connectivity index (χ3n) is 4.81. The van der Waals surface area contributed by atoms with Gasteiger partial charge in [0.2, 0.25) is 5.13 Å². The second-order valence-corrected chi connectivity index (χ2v) is 8.26. The third-order valence-corrected chi connectivity index (χ3v) is 5.79. The summed E-state index contributed by atoms with van der Waals surface area (Å²) in [6.07, 6.45) is 0. The van der Waals surface area contributed by atoms with Gasteiger partial charge in [0.25, 0.3) is 0 Å². The molecule has 0 spiro atoms. The van der Waals surface area contributed by atoms with Gasteiger partial charge in [-0.1, -0.05) is 53.2 Å². The summed E-state index contributed by atoms with van der Waals surface area (Å²) in [6, 6.07) is 21.4. The van der Waals surface area contributed by atoms with Crippen LogP contribution in [0, 0.1) is 5.82 Å². The van der Waals surface area contributed by atoms with Gasteiger partial charge >= 0.3 is 0 Å². The van der Waals surface area contributed by atoms with E-state index in [4.69, 9.17) is 11.6 Å². The lowest BCUT2D eigenvalue weighted by Crippen LogP contribution is -2.15. The number of fused-ring (bicyclic) bond motifs is 1. The van der Waals surface area contributed by atoms with Crippen molar-refractivity contribution >= 4 is 44.8 Å². The summed E-state index contributed by atoms with van der Waals surface area (Å²) in [5.74, 6) is -0.307. The van der Waals surface area contributed by atoms with Crippen molar-refractivity contribution in [1.29, 1.82) is 0 Å². The predicted molar refractivity (Wildman–Crippen MR) is 127 cm³/mol. The normalized spacial score (nSPS) is 11.8. The molecule has 158 valence electrons. The Morgan fingerprint density at radius 1 is 1.06 bits per heavy atom. The van der Waals surface area contributed by atoms with Crippen LogP contribution in [0.4, 0.5) is 9.52 Å². The average Bonchev–Trinajstić information content (AvgIpc) is 3.45. The second kappa shape index (κ2) is 8.86. The summed E-state index contributed by atoms with van der Waals surface area (Å²) < 4.78 is 15.2. The fourth-order valence-electron chi connectivity index (χ4n) is 3.23. The number of anilines is 1. The highest BCUT2D eigenvalue weighted by Gasteiger charge is 2.11. The fraction of sp³-hybridized carbons (Fsp3) is 0.0435. The first kappa shape index (κ1) is 20.3. The molecule has 5 aromatic rings. The van der Waals surface area contributed by atoms with E-state index < -0.39 is 0 Å². The van der Waals surface area contributed by atoms with Gasteiger partial charge in [-0.15, -0.1) is 16.4 Å².